The van der Waals surface area contributed by atoms with Crippen molar-refractivity contribution in [2.75, 3.05) is 26.3 Å². The van der Waals surface area contributed by atoms with Gasteiger partial charge in [-0.25, -0.2) is 0 Å². The van der Waals surface area contributed by atoms with Crippen LogP contribution in [0.1, 0.15) is 18.9 Å². The summed E-state index contributed by atoms with van der Waals surface area (Å²) in [5, 5.41) is 5.73. The lowest BCUT2D eigenvalue weighted by Crippen LogP contribution is -2.47. The van der Waals surface area contributed by atoms with Gasteiger partial charge in [0.25, 0.3) is 5.91 Å². The summed E-state index contributed by atoms with van der Waals surface area (Å²) in [5.74, 6) is 0.139. The summed E-state index contributed by atoms with van der Waals surface area (Å²) in [4.78, 5) is 12.0. The first-order chi connectivity index (χ1) is 11.6. The van der Waals surface area contributed by atoms with E-state index in [1.165, 1.54) is 6.07 Å². The van der Waals surface area contributed by atoms with Gasteiger partial charge in [0.15, 0.2) is 0 Å². The molecular formula is C16H23ClF2N2O4. The van der Waals surface area contributed by atoms with E-state index in [0.717, 1.165) is 6.42 Å². The summed E-state index contributed by atoms with van der Waals surface area (Å²) in [6.07, 6.45) is 0.225. The van der Waals surface area contributed by atoms with Crippen molar-refractivity contribution in [2.45, 2.75) is 32.6 Å². The number of alkyl halides is 2. The van der Waals surface area contributed by atoms with E-state index in [-0.39, 0.29) is 30.6 Å². The lowest BCUT2D eigenvalue weighted by molar-refractivity contribution is -0.134. The third-order valence-corrected chi connectivity index (χ3v) is 3.40. The zero-order valence-corrected chi connectivity index (χ0v) is 14.7. The third-order valence-electron chi connectivity index (χ3n) is 3.40. The second-order valence-electron chi connectivity index (χ2n) is 5.28. The van der Waals surface area contributed by atoms with Crippen LogP contribution in [0.15, 0.2) is 18.2 Å². The summed E-state index contributed by atoms with van der Waals surface area (Å²) in [6, 6.07) is 4.67. The topological polar surface area (TPSA) is 68.8 Å². The van der Waals surface area contributed by atoms with E-state index in [2.05, 4.69) is 15.4 Å². The molecule has 0 aromatic heterocycles. The molecule has 6 nitrogen and oxygen atoms in total. The number of carbonyl (C=O) groups is 1. The Morgan fingerprint density at radius 1 is 1.48 bits per heavy atom. The minimum atomic E-state index is -2.95. The summed E-state index contributed by atoms with van der Waals surface area (Å²) in [7, 11) is 0. The summed E-state index contributed by atoms with van der Waals surface area (Å²) >= 11 is 0. The molecule has 0 aliphatic carbocycles. The molecule has 0 radical (unpaired) electrons. The van der Waals surface area contributed by atoms with Crippen molar-refractivity contribution >= 4 is 18.3 Å². The van der Waals surface area contributed by atoms with Gasteiger partial charge in [0, 0.05) is 31.3 Å². The fraction of sp³-hybridized carbons (Fsp3) is 0.562. The van der Waals surface area contributed by atoms with Gasteiger partial charge < -0.3 is 24.8 Å². The van der Waals surface area contributed by atoms with Crippen molar-refractivity contribution in [3.63, 3.8) is 0 Å². The van der Waals surface area contributed by atoms with E-state index in [1.807, 2.05) is 6.92 Å². The Kier molecular flexibility index (Phi) is 9.48. The molecule has 1 aliphatic rings. The van der Waals surface area contributed by atoms with Crippen molar-refractivity contribution < 1.29 is 27.8 Å². The van der Waals surface area contributed by atoms with E-state index < -0.39 is 12.7 Å². The molecule has 1 atom stereocenters. The fourth-order valence-electron chi connectivity index (χ4n) is 2.23. The number of hydrogen-bond acceptors (Lipinski definition) is 5. The maximum Gasteiger partial charge on any atom is 0.387 e. The molecule has 0 bridgehead atoms. The summed E-state index contributed by atoms with van der Waals surface area (Å²) in [6.45, 7) is 1.13. The van der Waals surface area contributed by atoms with Gasteiger partial charge in [-0.2, -0.15) is 8.78 Å². The van der Waals surface area contributed by atoms with Crippen LogP contribution in [0.3, 0.4) is 0 Å². The summed E-state index contributed by atoms with van der Waals surface area (Å²) < 4.78 is 40.5. The number of ether oxygens (including phenoxy) is 3. The Morgan fingerprint density at radius 3 is 2.92 bits per heavy atom. The standard InChI is InChI=1S/C16H22F2N2O4.ClH/c1-2-6-22-12-4-3-11(13(8-12)24-16(17)18)9-20-15(21)14-10-19-5-7-23-14;/h3-4,8,14,16,19H,2,5-7,9-10H2,1H3,(H,20,21);1H. The molecule has 1 fully saturated rings. The summed E-state index contributed by atoms with van der Waals surface area (Å²) in [5.41, 5.74) is 0.441. The molecule has 1 aromatic carbocycles. The number of rotatable bonds is 8. The van der Waals surface area contributed by atoms with Crippen molar-refractivity contribution in [2.24, 2.45) is 0 Å². The van der Waals surface area contributed by atoms with E-state index in [9.17, 15) is 13.6 Å². The minimum absolute atomic E-state index is 0. The zero-order valence-electron chi connectivity index (χ0n) is 13.9. The molecule has 2 N–H and O–H groups in total. The van der Waals surface area contributed by atoms with Gasteiger partial charge in [0.2, 0.25) is 0 Å². The van der Waals surface area contributed by atoms with Gasteiger partial charge in [0.1, 0.15) is 17.6 Å². The maximum atomic E-state index is 12.6. The van der Waals surface area contributed by atoms with Gasteiger partial charge in [-0.05, 0) is 18.6 Å². The molecular weight excluding hydrogens is 358 g/mol. The van der Waals surface area contributed by atoms with Crippen LogP contribution in [-0.4, -0.2) is 44.9 Å². The Labute approximate surface area is 151 Å². The third kappa shape index (κ3) is 7.01. The Hall–Kier alpha value is -1.64. The van der Waals surface area contributed by atoms with Gasteiger partial charge in [0.05, 0.1) is 13.2 Å². The van der Waals surface area contributed by atoms with Crippen LogP contribution in [0, 0.1) is 0 Å². The minimum Gasteiger partial charge on any atom is -0.493 e. The Morgan fingerprint density at radius 2 is 2.28 bits per heavy atom. The molecule has 1 saturated heterocycles. The predicted octanol–water partition coefficient (Wildman–Crippen LogP) is 2.10. The van der Waals surface area contributed by atoms with Crippen molar-refractivity contribution in [1.29, 1.82) is 0 Å². The highest BCUT2D eigenvalue weighted by atomic mass is 35.5. The second kappa shape index (κ2) is 11.1. The van der Waals surface area contributed by atoms with Gasteiger partial charge in [-0.15, -0.1) is 12.4 Å². The van der Waals surface area contributed by atoms with E-state index in [0.29, 0.717) is 37.6 Å². The molecule has 25 heavy (non-hydrogen) atoms. The van der Waals surface area contributed by atoms with Crippen molar-refractivity contribution in [3.05, 3.63) is 23.8 Å². The van der Waals surface area contributed by atoms with E-state index >= 15 is 0 Å². The highest BCUT2D eigenvalue weighted by Crippen LogP contribution is 2.26. The van der Waals surface area contributed by atoms with Crippen LogP contribution in [0.5, 0.6) is 11.5 Å². The van der Waals surface area contributed by atoms with Crippen molar-refractivity contribution in [1.82, 2.24) is 10.6 Å². The molecule has 9 heteroatoms. The molecule has 1 heterocycles. The highest BCUT2D eigenvalue weighted by molar-refractivity contribution is 5.85. The number of morpholine rings is 1. The zero-order chi connectivity index (χ0) is 17.4. The predicted molar refractivity (Wildman–Crippen MR) is 90.6 cm³/mol. The largest absolute Gasteiger partial charge is 0.493 e. The normalized spacial score (nSPS) is 16.9. The average molecular weight is 381 g/mol. The average Bonchev–Trinajstić information content (AvgIpc) is 2.59. The number of amides is 1. The molecule has 1 aliphatic heterocycles. The van der Waals surface area contributed by atoms with Gasteiger partial charge >= 0.3 is 6.61 Å². The van der Waals surface area contributed by atoms with Crippen LogP contribution in [0.4, 0.5) is 8.78 Å². The van der Waals surface area contributed by atoms with Gasteiger partial charge in [-0.1, -0.05) is 6.92 Å². The lowest BCUT2D eigenvalue weighted by atomic mass is 10.2. The highest BCUT2D eigenvalue weighted by Gasteiger charge is 2.22. The molecule has 142 valence electrons. The SMILES string of the molecule is CCCOc1ccc(CNC(=O)C2CNCCO2)c(OC(F)F)c1.Cl. The maximum absolute atomic E-state index is 12.6. The number of benzene rings is 1. The first-order valence-corrected chi connectivity index (χ1v) is 7.90. The van der Waals surface area contributed by atoms with Crippen LogP contribution in [0.2, 0.25) is 0 Å². The molecule has 1 aromatic rings. The van der Waals surface area contributed by atoms with Crippen molar-refractivity contribution in [3.8, 4) is 11.5 Å². The Balaban J connectivity index is 0.00000312. The second-order valence-corrected chi connectivity index (χ2v) is 5.28. The van der Waals surface area contributed by atoms with Crippen LogP contribution >= 0.6 is 12.4 Å². The van der Waals surface area contributed by atoms with Crippen LogP contribution < -0.4 is 20.1 Å². The number of halogens is 3. The smallest absolute Gasteiger partial charge is 0.387 e. The first kappa shape index (κ1) is 21.4. The number of carbonyl (C=O) groups excluding carboxylic acids is 1. The lowest BCUT2D eigenvalue weighted by Gasteiger charge is -2.23. The van der Waals surface area contributed by atoms with Crippen LogP contribution in [-0.2, 0) is 16.1 Å². The fourth-order valence-corrected chi connectivity index (χ4v) is 2.23. The van der Waals surface area contributed by atoms with Crippen LogP contribution in [0.25, 0.3) is 0 Å². The number of nitrogens with one attached hydrogen (secondary N) is 2. The van der Waals surface area contributed by atoms with E-state index in [1.54, 1.807) is 12.1 Å². The molecule has 1 amide bonds. The quantitative estimate of drug-likeness (QED) is 0.723. The first-order valence-electron chi connectivity index (χ1n) is 7.90. The molecule has 0 saturated carbocycles. The Bertz CT molecular complexity index is 543. The number of hydrogen-bond donors (Lipinski definition) is 2. The molecule has 2 rings (SSSR count). The molecule has 0 spiro atoms. The van der Waals surface area contributed by atoms with Gasteiger partial charge in [-0.3, -0.25) is 4.79 Å². The van der Waals surface area contributed by atoms with E-state index in [4.69, 9.17) is 9.47 Å². The monoisotopic (exact) mass is 380 g/mol. The molecule has 1 unspecified atom stereocenters.